The highest BCUT2D eigenvalue weighted by atomic mass is 31.2. The van der Waals surface area contributed by atoms with Crippen LogP contribution in [-0.4, -0.2) is 125 Å². The second-order valence-corrected chi connectivity index (χ2v) is 19.4. The number of ether oxygens (including phenoxy) is 2. The Morgan fingerprint density at radius 2 is 1.04 bits per heavy atom. The molecule has 404 valence electrons. The summed E-state index contributed by atoms with van der Waals surface area (Å²) in [6.07, 6.45) is 30.9. The van der Waals surface area contributed by atoms with Crippen molar-refractivity contribution in [1.82, 2.24) is 0 Å². The summed E-state index contributed by atoms with van der Waals surface area (Å²) in [6, 6.07) is 0. The normalized spacial score (nSPS) is 22.7. The van der Waals surface area contributed by atoms with E-state index in [9.17, 15) is 64.0 Å². The molecule has 9 N–H and O–H groups in total. The van der Waals surface area contributed by atoms with Crippen LogP contribution in [0.3, 0.4) is 0 Å². The number of hydrogen-bond donors (Lipinski definition) is 9. The molecule has 0 aromatic carbocycles. The Kier molecular flexibility index (Phi) is 37.0. The van der Waals surface area contributed by atoms with E-state index in [1.807, 2.05) is 18.2 Å². The van der Waals surface area contributed by atoms with E-state index >= 15 is 0 Å². The number of carbonyl (C=O) groups excluding carboxylic acids is 2. The number of phosphoric ester groups is 2. The molecule has 10 atom stereocenters. The van der Waals surface area contributed by atoms with Gasteiger partial charge in [0, 0.05) is 12.8 Å². The number of carbonyl (C=O) groups is 2. The van der Waals surface area contributed by atoms with E-state index in [4.69, 9.17) is 18.5 Å². The van der Waals surface area contributed by atoms with Crippen LogP contribution in [0.2, 0.25) is 0 Å². The molecule has 1 rings (SSSR count). The fourth-order valence-corrected chi connectivity index (χ4v) is 8.22. The van der Waals surface area contributed by atoms with Gasteiger partial charge in [-0.25, -0.2) is 9.13 Å². The van der Waals surface area contributed by atoms with Crippen LogP contribution in [0.5, 0.6) is 0 Å². The highest BCUT2D eigenvalue weighted by molar-refractivity contribution is 7.47. The molecule has 18 nitrogen and oxygen atoms in total. The maximum absolute atomic E-state index is 13.0. The second kappa shape index (κ2) is 40.0. The maximum atomic E-state index is 13.0. The third kappa shape index (κ3) is 34.6. The van der Waals surface area contributed by atoms with Crippen molar-refractivity contribution in [3.05, 3.63) is 109 Å². The molecule has 71 heavy (non-hydrogen) atoms. The molecular formula is C51H82O18P2. The first-order valence-electron chi connectivity index (χ1n) is 24.6. The summed E-state index contributed by atoms with van der Waals surface area (Å²) in [7, 11) is -10.8. The van der Waals surface area contributed by atoms with Gasteiger partial charge in [0.2, 0.25) is 0 Å². The van der Waals surface area contributed by atoms with E-state index in [2.05, 4.69) is 79.1 Å². The van der Waals surface area contributed by atoms with Crippen molar-refractivity contribution in [2.24, 2.45) is 0 Å². The molecule has 0 amide bonds. The zero-order valence-corrected chi connectivity index (χ0v) is 43.1. The van der Waals surface area contributed by atoms with Crippen molar-refractivity contribution in [3.8, 4) is 0 Å². The van der Waals surface area contributed by atoms with E-state index < -0.39 is 95.7 Å². The quantitative estimate of drug-likeness (QED) is 0.00938. The topological polar surface area (TPSA) is 296 Å². The van der Waals surface area contributed by atoms with Gasteiger partial charge in [0.15, 0.2) is 6.10 Å². The average molecular weight is 1050 g/mol. The number of aliphatic hydroxyl groups excluding tert-OH is 6. The van der Waals surface area contributed by atoms with Gasteiger partial charge in [-0.2, -0.15) is 0 Å². The Labute approximate surface area is 420 Å². The number of aliphatic hydroxyl groups is 6. The van der Waals surface area contributed by atoms with Crippen LogP contribution in [0.15, 0.2) is 109 Å². The predicted molar refractivity (Wildman–Crippen MR) is 271 cm³/mol. The van der Waals surface area contributed by atoms with E-state index in [1.54, 1.807) is 30.4 Å². The fraction of sp³-hybridized carbons (Fsp3) is 0.608. The Morgan fingerprint density at radius 3 is 1.59 bits per heavy atom. The Bertz CT molecular complexity index is 1820. The number of hydrogen-bond acceptors (Lipinski definition) is 15. The summed E-state index contributed by atoms with van der Waals surface area (Å²) in [5.74, 6) is -1.48. The molecule has 0 saturated heterocycles. The fourth-order valence-electron chi connectivity index (χ4n) is 6.68. The zero-order valence-electron chi connectivity index (χ0n) is 41.3. The third-order valence-electron chi connectivity index (χ3n) is 10.5. The molecular weight excluding hydrogens is 962 g/mol. The van der Waals surface area contributed by atoms with Crippen LogP contribution < -0.4 is 0 Å². The molecule has 1 aliphatic carbocycles. The Balaban J connectivity index is 2.71. The minimum Gasteiger partial charge on any atom is -0.462 e. The summed E-state index contributed by atoms with van der Waals surface area (Å²) in [5.41, 5.74) is 0. The van der Waals surface area contributed by atoms with Gasteiger partial charge in [0.05, 0.1) is 18.8 Å². The van der Waals surface area contributed by atoms with Crippen molar-refractivity contribution in [2.45, 2.75) is 184 Å². The standard InChI is InChI=1S/C51H82O18P2/c1-3-5-7-8-9-10-11-12-13-14-15-16-17-18-19-20-24-27-31-37-44(54)65-39-43(40-66-71(63,64)69-51-48(58)46(56)47(57)50(49(51)59)68-70(60,61)62)67-45(55)38-32-36-42(53)35-30-26-23-21-22-25-29-34-41(52)33-28-6-4-2/h5,7,9-10,12-13,15-16,18-19,22-23,25-26,29-30,34-35,41-43,46-53,56-59H,3-4,6,8,11,14,17,20-21,24,27-28,31-33,36-40H2,1-2H3,(H,63,64)(H2,60,61,62)/b7-5-,10-9-,13-12-,16-15-,19-18-,25-22-,26-23-,34-29+,35-30+/t41-,42-,43-,46?,47?,48?,49?,50-,51+/m1/s1. The van der Waals surface area contributed by atoms with Crippen LogP contribution in [0.25, 0.3) is 0 Å². The van der Waals surface area contributed by atoms with E-state index in [1.165, 1.54) is 0 Å². The van der Waals surface area contributed by atoms with Gasteiger partial charge in [-0.3, -0.25) is 23.2 Å². The summed E-state index contributed by atoms with van der Waals surface area (Å²) in [4.78, 5) is 54.4. The second-order valence-electron chi connectivity index (χ2n) is 16.8. The van der Waals surface area contributed by atoms with Gasteiger partial charge < -0.3 is 54.8 Å². The molecule has 1 aliphatic rings. The molecule has 0 aliphatic heterocycles. The lowest BCUT2D eigenvalue weighted by molar-refractivity contribution is -0.216. The molecule has 20 heteroatoms. The predicted octanol–water partition coefficient (Wildman–Crippen LogP) is 7.67. The summed E-state index contributed by atoms with van der Waals surface area (Å²) in [6.45, 7) is 2.67. The SMILES string of the molecule is CC/C=C\C/C=C\C/C=C\C/C=C\C/C=C\CCCCCC(=O)OC[C@H](COP(=O)(O)O[C@H]1C(O)C(O)C(O)[C@@H](OP(=O)(O)O)C1O)OC(=O)CCC[C@H](O)/C=C/C=C\C/C=C\C=C\[C@H](O)CCCCC. The van der Waals surface area contributed by atoms with Gasteiger partial charge in [0.25, 0.3) is 0 Å². The van der Waals surface area contributed by atoms with Gasteiger partial charge in [0.1, 0.15) is 43.2 Å². The lowest BCUT2D eigenvalue weighted by Crippen LogP contribution is -2.64. The van der Waals surface area contributed by atoms with E-state index in [-0.39, 0.29) is 25.7 Å². The van der Waals surface area contributed by atoms with Crippen LogP contribution in [0.1, 0.15) is 129 Å². The first kappa shape index (κ1) is 65.6. The van der Waals surface area contributed by atoms with Crippen molar-refractivity contribution in [3.63, 3.8) is 0 Å². The maximum Gasteiger partial charge on any atom is 0.472 e. The first-order chi connectivity index (χ1) is 33.9. The average Bonchev–Trinajstić information content (AvgIpc) is 3.32. The highest BCUT2D eigenvalue weighted by Crippen LogP contribution is 2.49. The minimum atomic E-state index is -5.40. The van der Waals surface area contributed by atoms with Crippen molar-refractivity contribution < 1.29 is 87.1 Å². The molecule has 5 unspecified atom stereocenters. The van der Waals surface area contributed by atoms with Crippen LogP contribution in [0.4, 0.5) is 0 Å². The molecule has 0 heterocycles. The van der Waals surface area contributed by atoms with Crippen molar-refractivity contribution in [2.75, 3.05) is 13.2 Å². The molecule has 1 fully saturated rings. The highest BCUT2D eigenvalue weighted by Gasteiger charge is 2.54. The zero-order chi connectivity index (χ0) is 52.8. The number of phosphoric acid groups is 2. The lowest BCUT2D eigenvalue weighted by atomic mass is 9.85. The largest absolute Gasteiger partial charge is 0.472 e. The summed E-state index contributed by atoms with van der Waals surface area (Å²) in [5, 5.41) is 61.6. The van der Waals surface area contributed by atoms with Crippen LogP contribution >= 0.6 is 15.6 Å². The number of rotatable bonds is 39. The first-order valence-corrected chi connectivity index (χ1v) is 27.7. The molecule has 0 bridgehead atoms. The van der Waals surface area contributed by atoms with Gasteiger partial charge in [-0.05, 0) is 77.0 Å². The van der Waals surface area contributed by atoms with Crippen LogP contribution in [0, 0.1) is 0 Å². The molecule has 0 aromatic rings. The van der Waals surface area contributed by atoms with E-state index in [0.717, 1.165) is 77.0 Å². The number of unbranched alkanes of at least 4 members (excludes halogenated alkanes) is 5. The van der Waals surface area contributed by atoms with Gasteiger partial charge in [-0.1, -0.05) is 149 Å². The number of esters is 2. The van der Waals surface area contributed by atoms with Gasteiger partial charge in [-0.15, -0.1) is 0 Å². The summed E-state index contributed by atoms with van der Waals surface area (Å²) >= 11 is 0. The van der Waals surface area contributed by atoms with Crippen molar-refractivity contribution >= 4 is 27.6 Å². The molecule has 0 radical (unpaired) electrons. The smallest absolute Gasteiger partial charge is 0.462 e. The summed E-state index contributed by atoms with van der Waals surface area (Å²) < 4.78 is 49.2. The monoisotopic (exact) mass is 1040 g/mol. The molecule has 0 spiro atoms. The van der Waals surface area contributed by atoms with Gasteiger partial charge >= 0.3 is 27.6 Å². The molecule has 1 saturated carbocycles. The Hall–Kier alpha value is -3.42. The van der Waals surface area contributed by atoms with Crippen molar-refractivity contribution in [1.29, 1.82) is 0 Å². The van der Waals surface area contributed by atoms with E-state index in [0.29, 0.717) is 12.8 Å². The third-order valence-corrected chi connectivity index (χ3v) is 12.0. The number of allylic oxidation sites excluding steroid dienone is 16. The lowest BCUT2D eigenvalue weighted by Gasteiger charge is -2.43. The Morgan fingerprint density at radius 1 is 0.535 bits per heavy atom. The van der Waals surface area contributed by atoms with Crippen LogP contribution in [-0.2, 0) is 41.8 Å². The minimum absolute atomic E-state index is 0.0250. The molecule has 0 aromatic heterocycles.